The first-order chi connectivity index (χ1) is 16.5. The lowest BCUT2D eigenvalue weighted by atomic mass is 9.92. The van der Waals surface area contributed by atoms with Gasteiger partial charge in [0.2, 0.25) is 0 Å². The van der Waals surface area contributed by atoms with E-state index in [0.29, 0.717) is 27.6 Å². The second-order valence-corrected chi connectivity index (χ2v) is 12.0. The Bertz CT molecular complexity index is 1290. The summed E-state index contributed by atoms with van der Waals surface area (Å²) in [5, 5.41) is 5.95. The van der Waals surface area contributed by atoms with E-state index >= 15 is 0 Å². The van der Waals surface area contributed by atoms with Gasteiger partial charge in [0, 0.05) is 13.1 Å². The molecular weight excluding hydrogens is 517 g/mol. The molecule has 0 aliphatic carbocycles. The summed E-state index contributed by atoms with van der Waals surface area (Å²) < 4.78 is 71.4. The van der Waals surface area contributed by atoms with Crippen molar-refractivity contribution in [1.29, 1.82) is 0 Å². The van der Waals surface area contributed by atoms with Gasteiger partial charge < -0.3 is 4.90 Å². The Balaban J connectivity index is 1.66. The molecule has 1 fully saturated rings. The number of benzene rings is 1. The minimum Gasteiger partial charge on any atom is -0.350 e. The number of thioether (sulfide) groups is 1. The smallest absolute Gasteiger partial charge is 0.350 e. The van der Waals surface area contributed by atoms with Crippen LogP contribution in [0.4, 0.5) is 13.2 Å². The number of sulfonamides is 1. The zero-order chi connectivity index (χ0) is 25.4. The minimum absolute atomic E-state index is 0.0354. The van der Waals surface area contributed by atoms with E-state index in [4.69, 9.17) is 0 Å². The van der Waals surface area contributed by atoms with Crippen molar-refractivity contribution in [1.82, 2.24) is 14.7 Å². The van der Waals surface area contributed by atoms with Gasteiger partial charge in [-0.15, -0.1) is 15.7 Å². The van der Waals surface area contributed by atoms with Gasteiger partial charge in [-0.05, 0) is 66.3 Å². The highest BCUT2D eigenvalue weighted by atomic mass is 32.2. The molecule has 1 saturated heterocycles. The van der Waals surface area contributed by atoms with E-state index in [1.807, 2.05) is 4.90 Å². The van der Waals surface area contributed by atoms with E-state index in [1.165, 1.54) is 52.0 Å². The molecule has 2 atom stereocenters. The molecule has 0 N–H and O–H groups in total. The Kier molecular flexibility index (Phi) is 7.35. The summed E-state index contributed by atoms with van der Waals surface area (Å²) in [5.41, 5.74) is -0.425. The van der Waals surface area contributed by atoms with Crippen molar-refractivity contribution in [2.75, 3.05) is 19.3 Å². The number of thiophene rings is 1. The van der Waals surface area contributed by atoms with Crippen LogP contribution >= 0.6 is 23.1 Å². The molecule has 0 saturated carbocycles. The number of amidine groups is 1. The Hall–Kier alpha value is -2.31. The van der Waals surface area contributed by atoms with E-state index in [2.05, 4.69) is 23.3 Å². The molecule has 3 aromatic rings. The van der Waals surface area contributed by atoms with Crippen molar-refractivity contribution in [2.45, 2.75) is 31.3 Å². The predicted octanol–water partition coefficient (Wildman–Crippen LogP) is 6.01. The first-order valence-corrected chi connectivity index (χ1v) is 14.5. The first-order valence-electron chi connectivity index (χ1n) is 10.9. The monoisotopic (exact) mass is 542 g/mol. The fourth-order valence-corrected chi connectivity index (χ4v) is 6.91. The summed E-state index contributed by atoms with van der Waals surface area (Å²) in [7, 11) is -4.01. The number of hydrogen-bond acceptors (Lipinski definition) is 5. The highest BCUT2D eigenvalue weighted by Crippen LogP contribution is 2.35. The van der Waals surface area contributed by atoms with Gasteiger partial charge in [-0.25, -0.2) is 4.68 Å². The van der Waals surface area contributed by atoms with Crippen molar-refractivity contribution in [3.05, 3.63) is 53.5 Å². The number of piperidine rings is 1. The third-order valence-corrected chi connectivity index (χ3v) is 8.68. The molecule has 12 heteroatoms. The Morgan fingerprint density at radius 2 is 1.80 bits per heavy atom. The molecule has 2 aromatic heterocycles. The molecule has 0 bridgehead atoms. The molecular formula is C23H25F3N4O2S3. The Morgan fingerprint density at radius 3 is 2.34 bits per heavy atom. The second kappa shape index (κ2) is 9.98. The van der Waals surface area contributed by atoms with Crippen LogP contribution in [-0.2, 0) is 16.2 Å². The molecule has 0 amide bonds. The van der Waals surface area contributed by atoms with Crippen LogP contribution in [0.5, 0.6) is 0 Å². The van der Waals surface area contributed by atoms with Crippen LogP contribution in [0.15, 0.2) is 57.1 Å². The third-order valence-electron chi connectivity index (χ3n) is 5.67. The van der Waals surface area contributed by atoms with Crippen LogP contribution in [-0.4, -0.2) is 47.6 Å². The normalized spacial score (nSPS) is 19.8. The molecule has 0 radical (unpaired) electrons. The number of rotatable bonds is 4. The fraction of sp³-hybridized carbons (Fsp3) is 0.391. The largest absolute Gasteiger partial charge is 0.435 e. The highest BCUT2D eigenvalue weighted by molar-refractivity contribution is 8.13. The van der Waals surface area contributed by atoms with Crippen molar-refractivity contribution in [3.8, 4) is 16.3 Å². The van der Waals surface area contributed by atoms with Crippen molar-refractivity contribution in [3.63, 3.8) is 0 Å². The summed E-state index contributed by atoms with van der Waals surface area (Å²) in [6.45, 7) is 5.76. The maximum Gasteiger partial charge on any atom is 0.435 e. The topological polar surface area (TPSA) is 67.6 Å². The van der Waals surface area contributed by atoms with Crippen LogP contribution in [0, 0.1) is 11.8 Å². The first kappa shape index (κ1) is 25.8. The number of nitrogens with zero attached hydrogens (tertiary/aromatic N) is 4. The van der Waals surface area contributed by atoms with Gasteiger partial charge in [0.25, 0.3) is 10.0 Å². The third kappa shape index (κ3) is 5.75. The number of likely N-dealkylation sites (tertiary alicyclic amines) is 1. The molecule has 35 heavy (non-hydrogen) atoms. The Morgan fingerprint density at radius 1 is 1.14 bits per heavy atom. The molecule has 188 valence electrons. The summed E-state index contributed by atoms with van der Waals surface area (Å²) in [6, 6.07) is 10.0. The van der Waals surface area contributed by atoms with Gasteiger partial charge in [-0.1, -0.05) is 31.7 Å². The molecule has 2 unspecified atom stereocenters. The van der Waals surface area contributed by atoms with Gasteiger partial charge in [0.05, 0.1) is 21.2 Å². The highest BCUT2D eigenvalue weighted by Gasteiger charge is 2.35. The van der Waals surface area contributed by atoms with E-state index in [9.17, 15) is 21.6 Å². The number of hydrogen-bond donors (Lipinski definition) is 0. The van der Waals surface area contributed by atoms with Crippen LogP contribution < -0.4 is 0 Å². The van der Waals surface area contributed by atoms with Gasteiger partial charge >= 0.3 is 6.18 Å². The zero-order valence-electron chi connectivity index (χ0n) is 19.4. The van der Waals surface area contributed by atoms with Crippen LogP contribution in [0.3, 0.4) is 0 Å². The van der Waals surface area contributed by atoms with Gasteiger partial charge in [-0.3, -0.25) is 0 Å². The molecule has 1 aromatic carbocycles. The number of halogens is 3. The lowest BCUT2D eigenvalue weighted by Gasteiger charge is -2.36. The second-order valence-electron chi connectivity index (χ2n) is 8.70. The van der Waals surface area contributed by atoms with Gasteiger partial charge in [0.15, 0.2) is 10.9 Å². The number of aromatic nitrogens is 2. The predicted molar refractivity (Wildman–Crippen MR) is 135 cm³/mol. The zero-order valence-corrected chi connectivity index (χ0v) is 21.8. The average Bonchev–Trinajstić information content (AvgIpc) is 3.46. The summed E-state index contributed by atoms with van der Waals surface area (Å²) >= 11 is 2.58. The lowest BCUT2D eigenvalue weighted by Crippen LogP contribution is -2.41. The fourth-order valence-electron chi connectivity index (χ4n) is 4.27. The molecule has 1 aliphatic rings. The molecule has 6 nitrogen and oxygen atoms in total. The van der Waals surface area contributed by atoms with E-state index in [1.54, 1.807) is 23.8 Å². The van der Waals surface area contributed by atoms with Crippen LogP contribution in [0.2, 0.25) is 0 Å². The van der Waals surface area contributed by atoms with Crippen LogP contribution in [0.25, 0.3) is 16.3 Å². The molecule has 3 heterocycles. The minimum atomic E-state index is -4.60. The lowest BCUT2D eigenvalue weighted by molar-refractivity contribution is -0.141. The van der Waals surface area contributed by atoms with Gasteiger partial charge in [-0.2, -0.15) is 26.7 Å². The maximum absolute atomic E-state index is 13.3. The average molecular weight is 543 g/mol. The summed E-state index contributed by atoms with van der Waals surface area (Å²) in [4.78, 5) is 2.58. The summed E-state index contributed by atoms with van der Waals surface area (Å²) in [6.07, 6.45) is -1.72. The quantitative estimate of drug-likeness (QED) is 0.299. The van der Waals surface area contributed by atoms with E-state index < -0.39 is 21.9 Å². The van der Waals surface area contributed by atoms with E-state index in [-0.39, 0.29) is 10.6 Å². The molecule has 4 rings (SSSR count). The van der Waals surface area contributed by atoms with Crippen molar-refractivity contribution < 1.29 is 21.6 Å². The Labute approximate surface area is 210 Å². The van der Waals surface area contributed by atoms with E-state index in [0.717, 1.165) is 25.6 Å². The number of alkyl halides is 3. The SMILES string of the molecule is CS/C(=N/S(=O)(=O)c1ccc(-n2nc(C(F)(F)F)cc2-c2cccs2)cc1)N1CC(C)CC(C)C1. The molecule has 1 aliphatic heterocycles. The van der Waals surface area contributed by atoms with Crippen molar-refractivity contribution in [2.24, 2.45) is 16.2 Å². The maximum atomic E-state index is 13.3. The molecule has 0 spiro atoms. The van der Waals surface area contributed by atoms with Crippen LogP contribution in [0.1, 0.15) is 26.0 Å². The van der Waals surface area contributed by atoms with Gasteiger partial charge in [0.1, 0.15) is 0 Å². The van der Waals surface area contributed by atoms with Crippen molar-refractivity contribution >= 4 is 38.3 Å². The standard InChI is InChI=1S/C23H25F3N4O2S3/c1-15-11-16(2)14-29(13-15)22(33-3)28-35(31,32)18-8-6-17(7-9-18)30-19(20-5-4-10-34-20)12-21(27-30)23(24,25)26/h4-10,12,15-16H,11,13-14H2,1-3H3/b28-22+. The summed E-state index contributed by atoms with van der Waals surface area (Å²) in [5.74, 6) is 0.873.